The van der Waals surface area contributed by atoms with Crippen molar-refractivity contribution < 1.29 is 10.2 Å². The molecule has 2 heterocycles. The average molecular weight is 343 g/mol. The van der Waals surface area contributed by atoms with Crippen LogP contribution in [0.1, 0.15) is 23.3 Å². The third kappa shape index (κ3) is 3.51. The van der Waals surface area contributed by atoms with Crippen molar-refractivity contribution in [3.8, 4) is 5.75 Å². The third-order valence-electron chi connectivity index (χ3n) is 5.67. The fourth-order valence-corrected chi connectivity index (χ4v) is 5.41. The van der Waals surface area contributed by atoms with Gasteiger partial charge in [0.15, 0.2) is 0 Å². The van der Waals surface area contributed by atoms with Gasteiger partial charge in [0, 0.05) is 30.9 Å². The highest BCUT2D eigenvalue weighted by Crippen LogP contribution is 2.45. The predicted molar refractivity (Wildman–Crippen MR) is 97.4 cm³/mol. The lowest BCUT2D eigenvalue weighted by atomic mass is 9.95. The number of phenols is 1. The maximum absolute atomic E-state index is 11.0. The number of aromatic hydroxyl groups is 1. The van der Waals surface area contributed by atoms with Crippen molar-refractivity contribution in [2.45, 2.75) is 31.3 Å². The maximum Gasteiger partial charge on any atom is 0.115 e. The SMILES string of the molecule is Oc1ccc(CCN2C[C@@H]3CC(O)(Cc4cccs4)C[C@@H]3C2)cc1. The molecular formula is C20H25NO2S. The monoisotopic (exact) mass is 343 g/mol. The molecule has 3 nitrogen and oxygen atoms in total. The number of fused-ring (bicyclic) bond motifs is 1. The largest absolute Gasteiger partial charge is 0.508 e. The fourth-order valence-electron chi connectivity index (χ4n) is 4.57. The van der Waals surface area contributed by atoms with E-state index >= 15 is 0 Å². The van der Waals surface area contributed by atoms with Crippen LogP contribution in [-0.2, 0) is 12.8 Å². The van der Waals surface area contributed by atoms with Gasteiger partial charge in [0.2, 0.25) is 0 Å². The van der Waals surface area contributed by atoms with Crippen molar-refractivity contribution >= 4 is 11.3 Å². The second kappa shape index (κ2) is 6.51. The number of rotatable bonds is 5. The van der Waals surface area contributed by atoms with Gasteiger partial charge in [-0.1, -0.05) is 18.2 Å². The number of benzene rings is 1. The van der Waals surface area contributed by atoms with E-state index in [0.717, 1.165) is 45.3 Å². The van der Waals surface area contributed by atoms with Gasteiger partial charge < -0.3 is 15.1 Å². The van der Waals surface area contributed by atoms with Crippen LogP contribution in [-0.4, -0.2) is 40.3 Å². The summed E-state index contributed by atoms with van der Waals surface area (Å²) in [4.78, 5) is 3.86. The minimum atomic E-state index is -0.483. The molecular weight excluding hydrogens is 318 g/mol. The highest BCUT2D eigenvalue weighted by Gasteiger charge is 2.47. The van der Waals surface area contributed by atoms with Crippen molar-refractivity contribution in [1.29, 1.82) is 0 Å². The molecule has 0 radical (unpaired) electrons. The van der Waals surface area contributed by atoms with Gasteiger partial charge >= 0.3 is 0 Å². The smallest absolute Gasteiger partial charge is 0.115 e. The van der Waals surface area contributed by atoms with Crippen molar-refractivity contribution in [2.75, 3.05) is 19.6 Å². The zero-order valence-electron chi connectivity index (χ0n) is 13.9. The van der Waals surface area contributed by atoms with Gasteiger partial charge in [-0.2, -0.15) is 0 Å². The van der Waals surface area contributed by atoms with E-state index in [1.807, 2.05) is 12.1 Å². The first-order valence-corrected chi connectivity index (χ1v) is 9.73. The van der Waals surface area contributed by atoms with E-state index in [-0.39, 0.29) is 0 Å². The molecule has 2 fully saturated rings. The van der Waals surface area contributed by atoms with E-state index in [9.17, 15) is 10.2 Å². The summed E-state index contributed by atoms with van der Waals surface area (Å²) in [6.07, 6.45) is 3.75. The highest BCUT2D eigenvalue weighted by molar-refractivity contribution is 7.09. The van der Waals surface area contributed by atoms with Crippen LogP contribution in [0, 0.1) is 11.8 Å². The number of nitrogens with zero attached hydrogens (tertiary/aromatic N) is 1. The van der Waals surface area contributed by atoms with Crippen LogP contribution < -0.4 is 0 Å². The first-order chi connectivity index (χ1) is 11.6. The zero-order valence-corrected chi connectivity index (χ0v) is 14.7. The topological polar surface area (TPSA) is 43.7 Å². The lowest BCUT2D eigenvalue weighted by molar-refractivity contribution is 0.0363. The molecule has 0 spiro atoms. The van der Waals surface area contributed by atoms with Crippen LogP contribution in [0.4, 0.5) is 0 Å². The number of aliphatic hydroxyl groups is 1. The lowest BCUT2D eigenvalue weighted by Crippen LogP contribution is -2.32. The molecule has 128 valence electrons. The molecule has 3 atom stereocenters. The Morgan fingerprint density at radius 1 is 1.08 bits per heavy atom. The van der Waals surface area contributed by atoms with Crippen LogP contribution in [0.25, 0.3) is 0 Å². The third-order valence-corrected chi connectivity index (χ3v) is 6.55. The second-order valence-electron chi connectivity index (χ2n) is 7.58. The summed E-state index contributed by atoms with van der Waals surface area (Å²) < 4.78 is 0. The Morgan fingerprint density at radius 2 is 1.79 bits per heavy atom. The minimum absolute atomic E-state index is 0.333. The van der Waals surface area contributed by atoms with Crippen molar-refractivity contribution in [3.63, 3.8) is 0 Å². The predicted octanol–water partition coefficient (Wildman–Crippen LogP) is 3.31. The van der Waals surface area contributed by atoms with Gasteiger partial charge in [0.1, 0.15) is 5.75 Å². The number of thiophene rings is 1. The maximum atomic E-state index is 11.0. The van der Waals surface area contributed by atoms with Crippen LogP contribution >= 0.6 is 11.3 Å². The summed E-state index contributed by atoms with van der Waals surface area (Å²) in [5.41, 5.74) is 0.794. The van der Waals surface area contributed by atoms with Gasteiger partial charge in [-0.05, 0) is 60.2 Å². The van der Waals surface area contributed by atoms with E-state index in [1.165, 1.54) is 10.4 Å². The Hall–Kier alpha value is -1.36. The van der Waals surface area contributed by atoms with Gasteiger partial charge in [0.25, 0.3) is 0 Å². The molecule has 1 saturated carbocycles. The zero-order chi connectivity index (χ0) is 16.6. The second-order valence-corrected chi connectivity index (χ2v) is 8.62. The van der Waals surface area contributed by atoms with Crippen LogP contribution in [0.5, 0.6) is 5.75 Å². The molecule has 24 heavy (non-hydrogen) atoms. The van der Waals surface area contributed by atoms with Crippen LogP contribution in [0.15, 0.2) is 41.8 Å². The molecule has 1 saturated heterocycles. The molecule has 2 aliphatic rings. The summed E-state index contributed by atoms with van der Waals surface area (Å²) >= 11 is 1.76. The Morgan fingerprint density at radius 3 is 2.42 bits per heavy atom. The number of hydrogen-bond acceptors (Lipinski definition) is 4. The minimum Gasteiger partial charge on any atom is -0.508 e. The van der Waals surface area contributed by atoms with Gasteiger partial charge in [-0.3, -0.25) is 0 Å². The Labute approximate surface area is 147 Å². The van der Waals surface area contributed by atoms with Crippen LogP contribution in [0.3, 0.4) is 0 Å². The fraction of sp³-hybridized carbons (Fsp3) is 0.500. The molecule has 2 N–H and O–H groups in total. The van der Waals surface area contributed by atoms with Crippen molar-refractivity contribution in [2.24, 2.45) is 11.8 Å². The average Bonchev–Trinajstić information content (AvgIpc) is 3.22. The van der Waals surface area contributed by atoms with Gasteiger partial charge in [-0.15, -0.1) is 11.3 Å². The molecule has 1 aromatic heterocycles. The van der Waals surface area contributed by atoms with Gasteiger partial charge in [-0.25, -0.2) is 0 Å². The molecule has 1 aliphatic heterocycles. The quantitative estimate of drug-likeness (QED) is 0.875. The van der Waals surface area contributed by atoms with E-state index in [4.69, 9.17) is 0 Å². The number of likely N-dealkylation sites (tertiary alicyclic amines) is 1. The molecule has 2 aromatic rings. The number of hydrogen-bond donors (Lipinski definition) is 2. The Kier molecular flexibility index (Phi) is 4.37. The number of phenolic OH excluding ortho intramolecular Hbond substituents is 1. The molecule has 1 aromatic carbocycles. The molecule has 0 bridgehead atoms. The summed E-state index contributed by atoms with van der Waals surface area (Å²) in [6.45, 7) is 3.31. The summed E-state index contributed by atoms with van der Waals surface area (Å²) in [7, 11) is 0. The summed E-state index contributed by atoms with van der Waals surface area (Å²) in [5.74, 6) is 1.63. The molecule has 1 aliphatic carbocycles. The molecule has 1 unspecified atom stereocenters. The standard InChI is InChI=1S/C20H25NO2S/c22-18-5-3-15(4-6-18)7-8-21-13-16-10-20(23,11-17(16)14-21)12-19-2-1-9-24-19/h1-6,9,16-17,22-23H,7-8,10-14H2/t16-,17+,20?. The molecule has 4 heteroatoms. The lowest BCUT2D eigenvalue weighted by Gasteiger charge is -2.25. The Balaban J connectivity index is 1.29. The van der Waals surface area contributed by atoms with Gasteiger partial charge in [0.05, 0.1) is 5.60 Å². The Bertz CT molecular complexity index is 653. The molecule has 0 amide bonds. The van der Waals surface area contributed by atoms with E-state index in [2.05, 4.69) is 22.4 Å². The van der Waals surface area contributed by atoms with Crippen LogP contribution in [0.2, 0.25) is 0 Å². The van der Waals surface area contributed by atoms with E-state index in [1.54, 1.807) is 23.5 Å². The summed E-state index contributed by atoms with van der Waals surface area (Å²) in [6, 6.07) is 11.8. The highest BCUT2D eigenvalue weighted by atomic mass is 32.1. The van der Waals surface area contributed by atoms with Crippen molar-refractivity contribution in [1.82, 2.24) is 4.90 Å². The van der Waals surface area contributed by atoms with Crippen molar-refractivity contribution in [3.05, 3.63) is 52.2 Å². The summed E-state index contributed by atoms with van der Waals surface area (Å²) in [5, 5.41) is 22.4. The molecule has 4 rings (SSSR count). The first kappa shape index (κ1) is 16.1. The van der Waals surface area contributed by atoms with E-state index < -0.39 is 5.60 Å². The first-order valence-electron chi connectivity index (χ1n) is 8.85. The van der Waals surface area contributed by atoms with E-state index in [0.29, 0.717) is 17.6 Å². The normalized spacial score (nSPS) is 29.9.